The molecule has 1 fully saturated rings. The first kappa shape index (κ1) is 14.4. The molecule has 19 heavy (non-hydrogen) atoms. The fourth-order valence-electron chi connectivity index (χ4n) is 2.99. The van der Waals surface area contributed by atoms with E-state index in [1.54, 1.807) is 0 Å². The van der Waals surface area contributed by atoms with Crippen molar-refractivity contribution in [3.8, 4) is 0 Å². The van der Waals surface area contributed by atoms with Crippen LogP contribution in [0.15, 0.2) is 28.7 Å². The summed E-state index contributed by atoms with van der Waals surface area (Å²) in [7, 11) is 0. The highest BCUT2D eigenvalue weighted by atomic mass is 79.9. The van der Waals surface area contributed by atoms with Crippen LogP contribution in [0.25, 0.3) is 0 Å². The average Bonchev–Trinajstić information content (AvgIpc) is 2.35. The van der Waals surface area contributed by atoms with E-state index in [2.05, 4.69) is 28.2 Å². The largest absolute Gasteiger partial charge is 0.479 e. The lowest BCUT2D eigenvalue weighted by Gasteiger charge is -2.42. The van der Waals surface area contributed by atoms with Crippen LogP contribution >= 0.6 is 15.9 Å². The molecule has 1 aromatic rings. The number of rotatable bonds is 3. The van der Waals surface area contributed by atoms with Crippen molar-refractivity contribution < 1.29 is 9.90 Å². The second-order valence-corrected chi connectivity index (χ2v) is 6.60. The van der Waals surface area contributed by atoms with Gasteiger partial charge < -0.3 is 10.4 Å². The molecule has 1 saturated carbocycles. The van der Waals surface area contributed by atoms with Gasteiger partial charge in [-0.2, -0.15) is 0 Å². The van der Waals surface area contributed by atoms with Crippen molar-refractivity contribution >= 4 is 27.6 Å². The van der Waals surface area contributed by atoms with Gasteiger partial charge in [-0.1, -0.05) is 29.8 Å². The Bertz CT molecular complexity index is 460. The molecule has 0 saturated heterocycles. The molecule has 4 heteroatoms. The molecule has 1 aliphatic rings. The number of anilines is 1. The van der Waals surface area contributed by atoms with Gasteiger partial charge in [-0.15, -0.1) is 0 Å². The number of halogens is 1. The molecule has 2 rings (SSSR count). The highest BCUT2D eigenvalue weighted by Gasteiger charge is 2.46. The number of carboxylic acids is 1. The van der Waals surface area contributed by atoms with Crippen LogP contribution in [-0.4, -0.2) is 16.6 Å². The second kappa shape index (κ2) is 5.53. The lowest BCUT2D eigenvalue weighted by molar-refractivity contribution is -0.145. The molecule has 0 radical (unpaired) electrons. The first-order chi connectivity index (χ1) is 8.94. The van der Waals surface area contributed by atoms with Gasteiger partial charge in [0.2, 0.25) is 0 Å². The summed E-state index contributed by atoms with van der Waals surface area (Å²) >= 11 is 3.39. The maximum Gasteiger partial charge on any atom is 0.329 e. The molecular weight excluding hydrogens is 306 g/mol. The third kappa shape index (κ3) is 2.94. The topological polar surface area (TPSA) is 49.3 Å². The van der Waals surface area contributed by atoms with Crippen LogP contribution in [0.2, 0.25) is 0 Å². The lowest BCUT2D eigenvalue weighted by Crippen LogP contribution is -2.54. The number of benzene rings is 1. The number of aliphatic carboxylic acids is 1. The number of carbonyl (C=O) groups is 1. The van der Waals surface area contributed by atoms with E-state index in [1.165, 1.54) is 0 Å². The summed E-state index contributed by atoms with van der Waals surface area (Å²) in [5.41, 5.74) is 0.0346. The number of hydrogen-bond acceptors (Lipinski definition) is 2. The number of nitrogens with one attached hydrogen (secondary N) is 1. The fraction of sp³-hybridized carbons (Fsp3) is 0.533. The Morgan fingerprint density at radius 3 is 2.53 bits per heavy atom. The zero-order chi connectivity index (χ0) is 14.0. The molecule has 0 heterocycles. The van der Waals surface area contributed by atoms with Crippen molar-refractivity contribution in [1.29, 1.82) is 0 Å². The molecule has 3 nitrogen and oxygen atoms in total. The lowest BCUT2D eigenvalue weighted by atomic mass is 9.70. The molecule has 0 amide bonds. The van der Waals surface area contributed by atoms with Crippen molar-refractivity contribution in [1.82, 2.24) is 0 Å². The highest BCUT2D eigenvalue weighted by Crippen LogP contribution is 2.39. The van der Waals surface area contributed by atoms with E-state index < -0.39 is 11.5 Å². The average molecular weight is 326 g/mol. The van der Waals surface area contributed by atoms with Gasteiger partial charge in [-0.3, -0.25) is 0 Å². The summed E-state index contributed by atoms with van der Waals surface area (Å²) in [4.78, 5) is 11.8. The third-order valence-corrected chi connectivity index (χ3v) is 4.75. The van der Waals surface area contributed by atoms with Gasteiger partial charge in [-0.05, 0) is 55.4 Å². The van der Waals surface area contributed by atoms with Crippen LogP contribution in [0.5, 0.6) is 0 Å². The number of carboxylic acid groups (broad SMARTS) is 1. The normalized spacial score (nSPS) is 30.9. The Labute approximate surface area is 122 Å². The van der Waals surface area contributed by atoms with E-state index in [4.69, 9.17) is 0 Å². The Kier molecular flexibility index (Phi) is 4.19. The van der Waals surface area contributed by atoms with E-state index >= 15 is 0 Å². The van der Waals surface area contributed by atoms with Gasteiger partial charge >= 0.3 is 5.97 Å². The standard InChI is InChI=1S/C15H20BrNO2/c1-10-7-8-15(14(18)19,11(2)9-10)17-13-5-3-12(16)4-6-13/h3-6,10-11,17H,7-9H2,1-2H3,(H,18,19). The van der Waals surface area contributed by atoms with E-state index in [0.29, 0.717) is 12.3 Å². The quantitative estimate of drug-likeness (QED) is 0.878. The van der Waals surface area contributed by atoms with Crippen molar-refractivity contribution in [3.63, 3.8) is 0 Å². The smallest absolute Gasteiger partial charge is 0.329 e. The van der Waals surface area contributed by atoms with Gasteiger partial charge in [-0.25, -0.2) is 4.79 Å². The van der Waals surface area contributed by atoms with Gasteiger partial charge in [0.25, 0.3) is 0 Å². The first-order valence-electron chi connectivity index (χ1n) is 6.71. The summed E-state index contributed by atoms with van der Waals surface area (Å²) < 4.78 is 0.993. The van der Waals surface area contributed by atoms with Crippen LogP contribution < -0.4 is 5.32 Å². The summed E-state index contributed by atoms with van der Waals surface area (Å²) in [5.74, 6) is -0.0126. The van der Waals surface area contributed by atoms with Crippen LogP contribution in [0.4, 0.5) is 5.69 Å². The summed E-state index contributed by atoms with van der Waals surface area (Å²) in [6, 6.07) is 7.68. The minimum Gasteiger partial charge on any atom is -0.479 e. The maximum atomic E-state index is 11.8. The van der Waals surface area contributed by atoms with Crippen molar-refractivity contribution in [2.45, 2.75) is 38.6 Å². The number of hydrogen-bond donors (Lipinski definition) is 2. The van der Waals surface area contributed by atoms with Crippen LogP contribution in [0.1, 0.15) is 33.1 Å². The van der Waals surface area contributed by atoms with Crippen LogP contribution in [0.3, 0.4) is 0 Å². The molecule has 0 bridgehead atoms. The zero-order valence-electron chi connectivity index (χ0n) is 11.3. The molecule has 104 valence electrons. The van der Waals surface area contributed by atoms with E-state index in [-0.39, 0.29) is 5.92 Å². The van der Waals surface area contributed by atoms with Crippen molar-refractivity contribution in [3.05, 3.63) is 28.7 Å². The zero-order valence-corrected chi connectivity index (χ0v) is 12.9. The molecular formula is C15H20BrNO2. The fourth-order valence-corrected chi connectivity index (χ4v) is 3.26. The Balaban J connectivity index is 2.25. The Morgan fingerprint density at radius 1 is 1.37 bits per heavy atom. The molecule has 2 N–H and O–H groups in total. The van der Waals surface area contributed by atoms with Gasteiger partial charge in [0, 0.05) is 10.2 Å². The van der Waals surface area contributed by atoms with Crippen LogP contribution in [-0.2, 0) is 4.79 Å². The van der Waals surface area contributed by atoms with E-state index in [9.17, 15) is 9.90 Å². The highest BCUT2D eigenvalue weighted by molar-refractivity contribution is 9.10. The van der Waals surface area contributed by atoms with E-state index in [0.717, 1.165) is 23.0 Å². The molecule has 0 aliphatic heterocycles. The summed E-state index contributed by atoms with van der Waals surface area (Å²) in [6.07, 6.45) is 2.59. The van der Waals surface area contributed by atoms with Gasteiger partial charge in [0.15, 0.2) is 0 Å². The SMILES string of the molecule is CC1CCC(Nc2ccc(Br)cc2)(C(=O)O)C(C)C1. The van der Waals surface area contributed by atoms with Gasteiger partial charge in [0.05, 0.1) is 0 Å². The first-order valence-corrected chi connectivity index (χ1v) is 7.50. The molecule has 1 aromatic carbocycles. The minimum absolute atomic E-state index is 0.123. The monoisotopic (exact) mass is 325 g/mol. The summed E-state index contributed by atoms with van der Waals surface area (Å²) in [5, 5.41) is 13.0. The third-order valence-electron chi connectivity index (χ3n) is 4.22. The molecule has 3 unspecified atom stereocenters. The van der Waals surface area contributed by atoms with Gasteiger partial charge in [0.1, 0.15) is 5.54 Å². The molecule has 0 spiro atoms. The summed E-state index contributed by atoms with van der Waals surface area (Å²) in [6.45, 7) is 4.23. The molecule has 3 atom stereocenters. The maximum absolute atomic E-state index is 11.8. The van der Waals surface area contributed by atoms with Crippen molar-refractivity contribution in [2.24, 2.45) is 11.8 Å². The predicted octanol–water partition coefficient (Wildman–Crippen LogP) is 4.14. The minimum atomic E-state index is -0.833. The molecule has 1 aliphatic carbocycles. The Hall–Kier alpha value is -1.03. The second-order valence-electron chi connectivity index (χ2n) is 5.69. The predicted molar refractivity (Wildman–Crippen MR) is 80.3 cm³/mol. The molecule has 0 aromatic heterocycles. The van der Waals surface area contributed by atoms with Crippen LogP contribution in [0, 0.1) is 11.8 Å². The Morgan fingerprint density at radius 2 is 2.00 bits per heavy atom. The van der Waals surface area contributed by atoms with E-state index in [1.807, 2.05) is 31.2 Å². The van der Waals surface area contributed by atoms with Crippen molar-refractivity contribution in [2.75, 3.05) is 5.32 Å².